The molecule has 0 aromatic heterocycles. The molecule has 0 aliphatic heterocycles. The zero-order chi connectivity index (χ0) is 20.6. The van der Waals surface area contributed by atoms with Crippen molar-refractivity contribution in [2.45, 2.75) is 138 Å². The molecule has 0 N–H and O–H groups in total. The van der Waals surface area contributed by atoms with Gasteiger partial charge < -0.3 is 0 Å². The second-order valence-electron chi connectivity index (χ2n) is 8.61. The van der Waals surface area contributed by atoms with Gasteiger partial charge in [-0.3, -0.25) is 4.79 Å². The first kappa shape index (κ1) is 30.0. The average molecular weight is 507 g/mol. The molecule has 0 amide bonds. The second-order valence-corrected chi connectivity index (χ2v) is 19.6. The third-order valence-corrected chi connectivity index (χ3v) is 5.65. The molecular formula is C24H52OSSn. The van der Waals surface area contributed by atoms with Crippen molar-refractivity contribution in [2.24, 2.45) is 0 Å². The SMILES string of the molecule is CCCCCCCCCCCCCCCCCCSC(=O)CC.[CH3][SnH]([CH3])[CH3]. The van der Waals surface area contributed by atoms with Gasteiger partial charge in [0, 0.05) is 12.2 Å². The van der Waals surface area contributed by atoms with E-state index in [4.69, 9.17) is 0 Å². The molecule has 0 saturated heterocycles. The van der Waals surface area contributed by atoms with Gasteiger partial charge in [0.2, 0.25) is 0 Å². The van der Waals surface area contributed by atoms with Crippen molar-refractivity contribution >= 4 is 36.6 Å². The molecule has 0 aliphatic rings. The molecule has 0 aromatic carbocycles. The predicted molar refractivity (Wildman–Crippen MR) is 132 cm³/mol. The number of rotatable bonds is 18. The molecule has 0 saturated carbocycles. The van der Waals surface area contributed by atoms with E-state index in [2.05, 4.69) is 21.7 Å². The average Bonchev–Trinajstić information content (AvgIpc) is 2.63. The van der Waals surface area contributed by atoms with Crippen LogP contribution in [0.5, 0.6) is 0 Å². The molecule has 3 heteroatoms. The van der Waals surface area contributed by atoms with Crippen LogP contribution >= 0.6 is 11.8 Å². The van der Waals surface area contributed by atoms with E-state index < -0.39 is 19.8 Å². The summed E-state index contributed by atoms with van der Waals surface area (Å²) in [5.41, 5.74) is 0. The van der Waals surface area contributed by atoms with Crippen molar-refractivity contribution in [1.82, 2.24) is 0 Å². The van der Waals surface area contributed by atoms with E-state index in [9.17, 15) is 4.79 Å². The first-order valence-corrected chi connectivity index (χ1v) is 23.1. The van der Waals surface area contributed by atoms with Crippen LogP contribution in [0.1, 0.15) is 123 Å². The van der Waals surface area contributed by atoms with Gasteiger partial charge in [0.05, 0.1) is 0 Å². The Bertz CT molecular complexity index is 279. The van der Waals surface area contributed by atoms with Crippen LogP contribution in [0, 0.1) is 0 Å². The van der Waals surface area contributed by atoms with Gasteiger partial charge in [-0.05, 0) is 6.42 Å². The fourth-order valence-electron chi connectivity index (χ4n) is 2.94. The first-order valence-electron chi connectivity index (χ1n) is 12.2. The molecular weight excluding hydrogens is 455 g/mol. The van der Waals surface area contributed by atoms with Gasteiger partial charge in [-0.1, -0.05) is 122 Å². The van der Waals surface area contributed by atoms with Gasteiger partial charge in [0.25, 0.3) is 0 Å². The summed E-state index contributed by atoms with van der Waals surface area (Å²) in [6.45, 7) is 4.23. The number of hydrogen-bond donors (Lipinski definition) is 0. The Balaban J connectivity index is 0. The van der Waals surface area contributed by atoms with Crippen LogP contribution in [0.25, 0.3) is 0 Å². The van der Waals surface area contributed by atoms with Gasteiger partial charge in [-0.25, -0.2) is 0 Å². The molecule has 0 fully saturated rings. The van der Waals surface area contributed by atoms with E-state index >= 15 is 0 Å². The van der Waals surface area contributed by atoms with Gasteiger partial charge in [0.1, 0.15) is 0 Å². The first-order chi connectivity index (χ1) is 13.0. The van der Waals surface area contributed by atoms with Crippen molar-refractivity contribution in [1.29, 1.82) is 0 Å². The molecule has 1 nitrogen and oxygen atoms in total. The van der Waals surface area contributed by atoms with Crippen LogP contribution < -0.4 is 0 Å². The molecule has 27 heavy (non-hydrogen) atoms. The molecule has 0 unspecified atom stereocenters. The van der Waals surface area contributed by atoms with E-state index in [1.165, 1.54) is 114 Å². The van der Waals surface area contributed by atoms with Crippen LogP contribution in [-0.4, -0.2) is 30.6 Å². The third kappa shape index (κ3) is 34.7. The van der Waals surface area contributed by atoms with Gasteiger partial charge in [-0.15, -0.1) is 0 Å². The summed E-state index contributed by atoms with van der Waals surface area (Å²) in [7, 11) is 0. The second kappa shape index (κ2) is 26.8. The van der Waals surface area contributed by atoms with Gasteiger partial charge >= 0.3 is 34.6 Å². The van der Waals surface area contributed by atoms with Crippen LogP contribution in [0.4, 0.5) is 0 Å². The van der Waals surface area contributed by atoms with Crippen LogP contribution in [0.2, 0.25) is 14.8 Å². The number of carbonyl (C=O) groups excluding carboxylic acids is 1. The molecule has 0 radical (unpaired) electrons. The van der Waals surface area contributed by atoms with Crippen LogP contribution in [-0.2, 0) is 4.79 Å². The Morgan fingerprint density at radius 2 is 0.889 bits per heavy atom. The van der Waals surface area contributed by atoms with Gasteiger partial charge in [-0.2, -0.15) is 0 Å². The number of unbranched alkanes of at least 4 members (excludes halogenated alkanes) is 15. The normalized spacial score (nSPS) is 10.7. The Labute approximate surface area is 184 Å². The zero-order valence-corrected chi connectivity index (χ0v) is 23.7. The number of thioether (sulfide) groups is 1. The van der Waals surface area contributed by atoms with Crippen molar-refractivity contribution in [3.63, 3.8) is 0 Å². The summed E-state index contributed by atoms with van der Waals surface area (Å²) < 4.78 is 0. The quantitative estimate of drug-likeness (QED) is 0.136. The topological polar surface area (TPSA) is 17.1 Å². The van der Waals surface area contributed by atoms with Crippen LogP contribution in [0.3, 0.4) is 0 Å². The Hall–Kier alpha value is 0.819. The Morgan fingerprint density at radius 3 is 1.19 bits per heavy atom. The summed E-state index contributed by atoms with van der Waals surface area (Å²) in [4.78, 5) is 18.3. The van der Waals surface area contributed by atoms with Crippen molar-refractivity contribution in [2.75, 3.05) is 5.75 Å². The number of carbonyl (C=O) groups is 1. The van der Waals surface area contributed by atoms with E-state index in [0.717, 1.165) is 5.75 Å². The molecule has 0 atom stereocenters. The van der Waals surface area contributed by atoms with E-state index in [0.29, 0.717) is 11.5 Å². The molecule has 164 valence electrons. The van der Waals surface area contributed by atoms with Crippen molar-refractivity contribution in [3.8, 4) is 0 Å². The monoisotopic (exact) mass is 508 g/mol. The molecule has 0 aromatic rings. The standard InChI is InChI=1S/C21H42OS.3CH3.Sn.H/c1-3-5-6-7-8-9-10-11-12-13-14-15-16-17-18-19-20-23-21(22)4-2;;;;;/h3-20H2,1-2H3;3*1H3;;. The van der Waals surface area contributed by atoms with Crippen molar-refractivity contribution in [3.05, 3.63) is 0 Å². The van der Waals surface area contributed by atoms with Gasteiger partial charge in [0.15, 0.2) is 5.12 Å². The molecule has 0 aliphatic carbocycles. The molecule has 0 heterocycles. The maximum absolute atomic E-state index is 11.1. The van der Waals surface area contributed by atoms with Crippen LogP contribution in [0.15, 0.2) is 0 Å². The summed E-state index contributed by atoms with van der Waals surface area (Å²) in [5, 5.41) is 0.353. The third-order valence-electron chi connectivity index (χ3n) is 4.55. The predicted octanol–water partition coefficient (Wildman–Crippen LogP) is 9.02. The molecule has 0 bridgehead atoms. The number of hydrogen-bond acceptors (Lipinski definition) is 2. The maximum atomic E-state index is 11.1. The van der Waals surface area contributed by atoms with E-state index in [-0.39, 0.29) is 0 Å². The fourth-order valence-corrected chi connectivity index (χ4v) is 3.72. The summed E-state index contributed by atoms with van der Waals surface area (Å²) in [6.07, 6.45) is 23.2. The molecule has 0 rings (SSSR count). The summed E-state index contributed by atoms with van der Waals surface area (Å²) >= 11 is 0.887. The zero-order valence-electron chi connectivity index (χ0n) is 19.6. The Kier molecular flexibility index (Phi) is 29.8. The summed E-state index contributed by atoms with van der Waals surface area (Å²) in [6, 6.07) is 0. The Morgan fingerprint density at radius 1 is 0.593 bits per heavy atom. The summed E-state index contributed by atoms with van der Waals surface area (Å²) in [5.74, 6) is 1.03. The van der Waals surface area contributed by atoms with Crippen molar-refractivity contribution < 1.29 is 4.79 Å². The molecule has 0 spiro atoms. The minimum absolute atomic E-state index is 0.353. The fraction of sp³-hybridized carbons (Fsp3) is 0.958. The van der Waals surface area contributed by atoms with E-state index in [1.54, 1.807) is 0 Å². The minimum atomic E-state index is -0.637. The van der Waals surface area contributed by atoms with E-state index in [1.807, 2.05) is 6.92 Å².